The molecule has 0 aliphatic rings. The number of hydrogen-bond acceptors (Lipinski definition) is 1. The first-order valence-corrected chi connectivity index (χ1v) is 17.5. The molecular formula is C38H68O2. The van der Waals surface area contributed by atoms with Gasteiger partial charge in [-0.1, -0.05) is 152 Å². The lowest BCUT2D eigenvalue weighted by Gasteiger charge is -2.12. The second-order valence-electron chi connectivity index (χ2n) is 11.8. The van der Waals surface area contributed by atoms with Gasteiger partial charge >= 0.3 is 5.97 Å². The van der Waals surface area contributed by atoms with Gasteiger partial charge in [0.25, 0.3) is 0 Å². The number of aliphatic carboxylic acids is 1. The molecule has 0 aromatic carbocycles. The molecule has 40 heavy (non-hydrogen) atoms. The number of hydrogen-bond donors (Lipinski definition) is 1. The van der Waals surface area contributed by atoms with Crippen LogP contribution >= 0.6 is 0 Å². The molecule has 0 unspecified atom stereocenters. The predicted octanol–water partition coefficient (Wildman–Crippen LogP) is 13.1. The fourth-order valence-electron chi connectivity index (χ4n) is 5.15. The molecule has 1 N–H and O–H groups in total. The van der Waals surface area contributed by atoms with Crippen molar-refractivity contribution in [3.05, 3.63) is 48.6 Å². The summed E-state index contributed by atoms with van der Waals surface area (Å²) in [6.07, 6.45) is 49.9. The fourth-order valence-corrected chi connectivity index (χ4v) is 5.15. The van der Waals surface area contributed by atoms with Gasteiger partial charge in [-0.05, 0) is 77.0 Å². The van der Waals surface area contributed by atoms with Crippen LogP contribution in [0.3, 0.4) is 0 Å². The van der Waals surface area contributed by atoms with Gasteiger partial charge < -0.3 is 5.11 Å². The summed E-state index contributed by atoms with van der Waals surface area (Å²) in [5.74, 6) is -0.707. The Morgan fingerprint density at radius 2 is 0.750 bits per heavy atom. The molecule has 0 amide bonds. The third kappa shape index (κ3) is 31.0. The summed E-state index contributed by atoms with van der Waals surface area (Å²) in [6.45, 7) is 4.50. The monoisotopic (exact) mass is 557 g/mol. The van der Waals surface area contributed by atoms with Crippen molar-refractivity contribution in [1.82, 2.24) is 0 Å². The van der Waals surface area contributed by atoms with Crippen molar-refractivity contribution in [2.75, 3.05) is 0 Å². The van der Waals surface area contributed by atoms with Gasteiger partial charge in [-0.3, -0.25) is 4.79 Å². The molecule has 0 spiro atoms. The van der Waals surface area contributed by atoms with Gasteiger partial charge in [0, 0.05) is 0 Å². The van der Waals surface area contributed by atoms with E-state index in [-0.39, 0.29) is 5.92 Å². The zero-order chi connectivity index (χ0) is 29.2. The lowest BCUT2D eigenvalue weighted by Crippen LogP contribution is -2.13. The summed E-state index contributed by atoms with van der Waals surface area (Å²) >= 11 is 0. The first-order valence-electron chi connectivity index (χ1n) is 17.5. The van der Waals surface area contributed by atoms with Crippen LogP contribution in [-0.4, -0.2) is 11.1 Å². The second kappa shape index (κ2) is 33.6. The average molecular weight is 557 g/mol. The highest BCUT2D eigenvalue weighted by Gasteiger charge is 2.16. The van der Waals surface area contributed by atoms with Crippen LogP contribution in [0.15, 0.2) is 48.6 Å². The van der Waals surface area contributed by atoms with Crippen molar-refractivity contribution in [3.8, 4) is 0 Å². The predicted molar refractivity (Wildman–Crippen MR) is 179 cm³/mol. The van der Waals surface area contributed by atoms with E-state index in [1.807, 2.05) is 0 Å². The van der Waals surface area contributed by atoms with E-state index in [1.165, 1.54) is 128 Å². The van der Waals surface area contributed by atoms with Crippen molar-refractivity contribution < 1.29 is 9.90 Å². The van der Waals surface area contributed by atoms with E-state index in [4.69, 9.17) is 0 Å². The Kier molecular flexibility index (Phi) is 32.3. The molecule has 2 nitrogen and oxygen atoms in total. The third-order valence-electron chi connectivity index (χ3n) is 7.86. The van der Waals surface area contributed by atoms with Gasteiger partial charge in [0.05, 0.1) is 5.92 Å². The lowest BCUT2D eigenvalue weighted by molar-refractivity contribution is -0.142. The first-order chi connectivity index (χ1) is 19.7. The molecule has 0 aliphatic carbocycles. The Balaban J connectivity index is 3.53. The van der Waals surface area contributed by atoms with Crippen LogP contribution in [-0.2, 0) is 4.79 Å². The number of carboxylic acid groups (broad SMARTS) is 1. The maximum atomic E-state index is 11.7. The van der Waals surface area contributed by atoms with Crippen LogP contribution in [0.2, 0.25) is 0 Å². The molecule has 0 fully saturated rings. The molecule has 0 bridgehead atoms. The van der Waals surface area contributed by atoms with E-state index in [9.17, 15) is 9.90 Å². The molecule has 2 heteroatoms. The van der Waals surface area contributed by atoms with Crippen molar-refractivity contribution in [2.24, 2.45) is 5.92 Å². The Morgan fingerprint density at radius 3 is 1.07 bits per heavy atom. The minimum atomic E-state index is -0.579. The van der Waals surface area contributed by atoms with E-state index in [2.05, 4.69) is 62.5 Å². The van der Waals surface area contributed by atoms with E-state index in [0.29, 0.717) is 0 Å². The molecule has 0 aromatic rings. The molecule has 0 rings (SSSR count). The Labute approximate surface area is 250 Å². The topological polar surface area (TPSA) is 37.3 Å². The van der Waals surface area contributed by atoms with E-state index in [0.717, 1.165) is 38.5 Å². The molecule has 0 aromatic heterocycles. The summed E-state index contributed by atoms with van der Waals surface area (Å²) in [5.41, 5.74) is 0. The highest BCUT2D eigenvalue weighted by molar-refractivity contribution is 5.69. The zero-order valence-electron chi connectivity index (χ0n) is 26.9. The molecule has 0 aliphatic heterocycles. The van der Waals surface area contributed by atoms with Crippen LogP contribution < -0.4 is 0 Å². The van der Waals surface area contributed by atoms with Gasteiger partial charge in [0.15, 0.2) is 0 Å². The molecule has 0 heterocycles. The molecule has 0 saturated carbocycles. The van der Waals surface area contributed by atoms with Crippen LogP contribution in [0.5, 0.6) is 0 Å². The fraction of sp³-hybridized carbons (Fsp3) is 0.763. The van der Waals surface area contributed by atoms with E-state index < -0.39 is 5.97 Å². The van der Waals surface area contributed by atoms with Crippen molar-refractivity contribution in [3.63, 3.8) is 0 Å². The number of allylic oxidation sites excluding steroid dienone is 8. The highest BCUT2D eigenvalue weighted by atomic mass is 16.4. The summed E-state index contributed by atoms with van der Waals surface area (Å²) < 4.78 is 0. The maximum Gasteiger partial charge on any atom is 0.306 e. The highest BCUT2D eigenvalue weighted by Crippen LogP contribution is 2.20. The summed E-state index contributed by atoms with van der Waals surface area (Å²) in [5, 5.41) is 9.60. The van der Waals surface area contributed by atoms with Gasteiger partial charge in [-0.25, -0.2) is 0 Å². The summed E-state index contributed by atoms with van der Waals surface area (Å²) in [6, 6.07) is 0. The smallest absolute Gasteiger partial charge is 0.306 e. The maximum absolute atomic E-state index is 11.7. The van der Waals surface area contributed by atoms with Gasteiger partial charge in [-0.2, -0.15) is 0 Å². The van der Waals surface area contributed by atoms with Crippen molar-refractivity contribution in [1.29, 1.82) is 0 Å². The quantitative estimate of drug-likeness (QED) is 0.0681. The average Bonchev–Trinajstić information content (AvgIpc) is 2.95. The van der Waals surface area contributed by atoms with Crippen LogP contribution in [0.25, 0.3) is 0 Å². The van der Waals surface area contributed by atoms with Gasteiger partial charge in [-0.15, -0.1) is 0 Å². The molecule has 0 saturated heterocycles. The third-order valence-corrected chi connectivity index (χ3v) is 7.86. The SMILES string of the molecule is CCCCC/C=C\C/C=C\CCCCCCCCC(CCCCCCCC/C=C\C/C=C\CCCCC)C(=O)O. The largest absolute Gasteiger partial charge is 0.481 e. The standard InChI is InChI=1S/C38H68O2/c1-3-5-7-9-11-13-15-17-19-21-23-25-27-29-31-33-35-37(38(39)40)36-34-32-30-28-26-24-22-20-18-16-14-12-10-8-6-4-2/h11-14,17-20,37H,3-10,15-16,21-36H2,1-2H3,(H,39,40)/b13-11-,14-12-,19-17-,20-18-. The molecule has 0 radical (unpaired) electrons. The van der Waals surface area contributed by atoms with Crippen LogP contribution in [0.4, 0.5) is 0 Å². The first kappa shape index (κ1) is 38.4. The van der Waals surface area contributed by atoms with Crippen LogP contribution in [0.1, 0.15) is 181 Å². The number of rotatable bonds is 31. The van der Waals surface area contributed by atoms with E-state index in [1.54, 1.807) is 0 Å². The van der Waals surface area contributed by atoms with Gasteiger partial charge in [0.2, 0.25) is 0 Å². The Bertz CT molecular complexity index is 579. The summed E-state index contributed by atoms with van der Waals surface area (Å²) in [7, 11) is 0. The molecular weight excluding hydrogens is 488 g/mol. The second-order valence-corrected chi connectivity index (χ2v) is 11.8. The lowest BCUT2D eigenvalue weighted by atomic mass is 9.94. The number of unbranched alkanes of at least 4 members (excludes halogenated alkanes) is 18. The minimum Gasteiger partial charge on any atom is -0.481 e. The zero-order valence-corrected chi connectivity index (χ0v) is 26.9. The minimum absolute atomic E-state index is 0.128. The number of carbonyl (C=O) groups is 1. The number of carboxylic acids is 1. The van der Waals surface area contributed by atoms with Crippen molar-refractivity contribution >= 4 is 5.97 Å². The Hall–Kier alpha value is -1.57. The summed E-state index contributed by atoms with van der Waals surface area (Å²) in [4.78, 5) is 11.7. The molecule has 232 valence electrons. The Morgan fingerprint density at radius 1 is 0.450 bits per heavy atom. The van der Waals surface area contributed by atoms with Gasteiger partial charge in [0.1, 0.15) is 0 Å². The normalized spacial score (nSPS) is 12.4. The van der Waals surface area contributed by atoms with E-state index >= 15 is 0 Å². The van der Waals surface area contributed by atoms with Crippen LogP contribution in [0, 0.1) is 5.92 Å². The molecule has 0 atom stereocenters. The van der Waals surface area contributed by atoms with Crippen molar-refractivity contribution in [2.45, 2.75) is 181 Å².